The Labute approximate surface area is 196 Å². The Bertz CT molecular complexity index is 1250. The fourth-order valence-corrected chi connectivity index (χ4v) is 4.08. The van der Waals surface area contributed by atoms with Crippen LogP contribution >= 0.6 is 22.6 Å². The Morgan fingerprint density at radius 2 is 2.00 bits per heavy atom. The van der Waals surface area contributed by atoms with E-state index in [1.165, 1.54) is 18.3 Å². The lowest BCUT2D eigenvalue weighted by molar-refractivity contribution is 0.0998. The van der Waals surface area contributed by atoms with Gasteiger partial charge in [0.25, 0.3) is 11.5 Å². The first kappa shape index (κ1) is 23.6. The molecule has 2 heterocycles. The summed E-state index contributed by atoms with van der Waals surface area (Å²) >= 11 is 2.01. The molecule has 32 heavy (non-hydrogen) atoms. The maximum atomic E-state index is 14.5. The average Bonchev–Trinajstić information content (AvgIpc) is 2.69. The minimum Gasteiger partial charge on any atom is -0.381 e. The zero-order valence-electron chi connectivity index (χ0n) is 17.4. The molecule has 3 rings (SSSR count). The molecule has 1 unspecified atom stereocenters. The summed E-state index contributed by atoms with van der Waals surface area (Å²) in [5, 5.41) is 3.06. The van der Waals surface area contributed by atoms with E-state index in [9.17, 15) is 18.4 Å². The van der Waals surface area contributed by atoms with Crippen LogP contribution in [0.15, 0.2) is 35.3 Å². The van der Waals surface area contributed by atoms with Gasteiger partial charge in [0.15, 0.2) is 11.6 Å². The van der Waals surface area contributed by atoms with Gasteiger partial charge in [0, 0.05) is 33.5 Å². The number of aromatic amines is 1. The van der Waals surface area contributed by atoms with E-state index in [1.54, 1.807) is 26.0 Å². The van der Waals surface area contributed by atoms with Crippen molar-refractivity contribution >= 4 is 40.0 Å². The lowest BCUT2D eigenvalue weighted by Gasteiger charge is -2.21. The van der Waals surface area contributed by atoms with Gasteiger partial charge in [-0.1, -0.05) is 0 Å². The monoisotopic (exact) mass is 553 g/mol. The third-order valence-electron chi connectivity index (χ3n) is 5.07. The molecule has 1 amide bonds. The van der Waals surface area contributed by atoms with Gasteiger partial charge in [-0.25, -0.2) is 13.8 Å². The summed E-state index contributed by atoms with van der Waals surface area (Å²) < 4.78 is 29.5. The first-order chi connectivity index (χ1) is 15.1. The van der Waals surface area contributed by atoms with Gasteiger partial charge < -0.3 is 21.8 Å². The van der Waals surface area contributed by atoms with Crippen LogP contribution in [0.5, 0.6) is 0 Å². The number of benzene rings is 1. The number of aromatic nitrogens is 2. The molecule has 2 aromatic heterocycles. The Kier molecular flexibility index (Phi) is 7.12. The molecule has 7 nitrogen and oxygen atoms in total. The molecular formula is C22H22F2IN5O2. The fourth-order valence-electron chi connectivity index (χ4n) is 3.63. The van der Waals surface area contributed by atoms with Crippen molar-refractivity contribution in [3.8, 4) is 0 Å². The van der Waals surface area contributed by atoms with E-state index in [0.717, 1.165) is 3.57 Å². The number of nitrogens with one attached hydrogen (secondary N) is 2. The molecule has 0 spiro atoms. The quantitative estimate of drug-likeness (QED) is 0.334. The SMILES string of the molecule is Cc1[nH]c(=O)c(Cc2ccnc(N)c2F)c(CC(C)Nc2ccc(I)cc2F)c1C(N)=O. The number of halogens is 3. The van der Waals surface area contributed by atoms with E-state index in [2.05, 4.69) is 15.3 Å². The number of amides is 1. The molecule has 3 aromatic rings. The van der Waals surface area contributed by atoms with Crippen LogP contribution in [0.25, 0.3) is 0 Å². The van der Waals surface area contributed by atoms with E-state index in [-0.39, 0.29) is 47.1 Å². The van der Waals surface area contributed by atoms with Crippen molar-refractivity contribution in [1.29, 1.82) is 0 Å². The summed E-state index contributed by atoms with van der Waals surface area (Å²) in [6, 6.07) is 5.80. The zero-order chi connectivity index (χ0) is 23.6. The number of aryl methyl sites for hydroxylation is 1. The van der Waals surface area contributed by atoms with E-state index in [4.69, 9.17) is 11.5 Å². The number of primary amides is 1. The lowest BCUT2D eigenvalue weighted by Crippen LogP contribution is -2.29. The van der Waals surface area contributed by atoms with Crippen LogP contribution in [0.4, 0.5) is 20.3 Å². The van der Waals surface area contributed by atoms with Crippen LogP contribution in [0.2, 0.25) is 0 Å². The van der Waals surface area contributed by atoms with Gasteiger partial charge in [-0.3, -0.25) is 9.59 Å². The topological polar surface area (TPSA) is 127 Å². The van der Waals surface area contributed by atoms with Crippen molar-refractivity contribution < 1.29 is 13.6 Å². The molecule has 6 N–H and O–H groups in total. The molecule has 0 fully saturated rings. The number of rotatable bonds is 7. The van der Waals surface area contributed by atoms with Crippen LogP contribution < -0.4 is 22.3 Å². The van der Waals surface area contributed by atoms with Crippen LogP contribution in [0.1, 0.15) is 39.7 Å². The second kappa shape index (κ2) is 9.63. The molecule has 0 aliphatic carbocycles. The molecule has 0 aliphatic heterocycles. The van der Waals surface area contributed by atoms with Crippen molar-refractivity contribution in [2.45, 2.75) is 32.7 Å². The van der Waals surface area contributed by atoms with Crippen molar-refractivity contribution in [1.82, 2.24) is 9.97 Å². The minimum absolute atomic E-state index is 0.117. The second-order valence-corrected chi connectivity index (χ2v) is 8.74. The number of nitrogen functional groups attached to an aromatic ring is 1. The summed E-state index contributed by atoms with van der Waals surface area (Å²) in [7, 11) is 0. The van der Waals surface area contributed by atoms with Gasteiger partial charge in [-0.05, 0) is 78.3 Å². The molecular weight excluding hydrogens is 531 g/mol. The van der Waals surface area contributed by atoms with Crippen molar-refractivity contribution in [2.75, 3.05) is 11.1 Å². The highest BCUT2D eigenvalue weighted by Crippen LogP contribution is 2.24. The first-order valence-corrected chi connectivity index (χ1v) is 10.8. The largest absolute Gasteiger partial charge is 0.381 e. The molecule has 10 heteroatoms. The number of nitrogens with zero attached hydrogens (tertiary/aromatic N) is 1. The highest BCUT2D eigenvalue weighted by atomic mass is 127. The predicted molar refractivity (Wildman–Crippen MR) is 128 cm³/mol. The zero-order valence-corrected chi connectivity index (χ0v) is 19.6. The molecule has 1 aromatic carbocycles. The van der Waals surface area contributed by atoms with E-state index in [1.807, 2.05) is 22.6 Å². The van der Waals surface area contributed by atoms with Gasteiger partial charge in [-0.15, -0.1) is 0 Å². The molecule has 0 aliphatic rings. The molecule has 1 atom stereocenters. The normalized spacial score (nSPS) is 11.9. The summed E-state index contributed by atoms with van der Waals surface area (Å²) in [6.07, 6.45) is 1.40. The number of carbonyl (C=O) groups excluding carboxylic acids is 1. The van der Waals surface area contributed by atoms with Gasteiger partial charge in [-0.2, -0.15) is 0 Å². The van der Waals surface area contributed by atoms with Gasteiger partial charge in [0.2, 0.25) is 0 Å². The number of anilines is 2. The maximum Gasteiger partial charge on any atom is 0.251 e. The summed E-state index contributed by atoms with van der Waals surface area (Å²) in [5.41, 5.74) is 12.2. The van der Waals surface area contributed by atoms with Crippen molar-refractivity contribution in [2.24, 2.45) is 5.73 Å². The molecule has 0 saturated carbocycles. The fraction of sp³-hybridized carbons (Fsp3) is 0.227. The second-order valence-electron chi connectivity index (χ2n) is 7.50. The number of nitrogens with two attached hydrogens (primary N) is 2. The lowest BCUT2D eigenvalue weighted by atomic mass is 9.91. The highest BCUT2D eigenvalue weighted by molar-refractivity contribution is 14.1. The van der Waals surface area contributed by atoms with Crippen LogP contribution in [0, 0.1) is 22.1 Å². The third kappa shape index (κ3) is 5.06. The maximum absolute atomic E-state index is 14.5. The number of carbonyl (C=O) groups is 1. The summed E-state index contributed by atoms with van der Waals surface area (Å²) in [4.78, 5) is 31.3. The van der Waals surface area contributed by atoms with E-state index < -0.39 is 23.1 Å². The average molecular weight is 553 g/mol. The summed E-state index contributed by atoms with van der Waals surface area (Å²) in [5.74, 6) is -2.16. The summed E-state index contributed by atoms with van der Waals surface area (Å²) in [6.45, 7) is 3.35. The Morgan fingerprint density at radius 1 is 1.28 bits per heavy atom. The van der Waals surface area contributed by atoms with Crippen LogP contribution in [0.3, 0.4) is 0 Å². The van der Waals surface area contributed by atoms with Gasteiger partial charge in [0.05, 0.1) is 11.3 Å². The van der Waals surface area contributed by atoms with Crippen molar-refractivity contribution in [3.05, 3.63) is 84.0 Å². The first-order valence-electron chi connectivity index (χ1n) is 9.73. The number of pyridine rings is 2. The van der Waals surface area contributed by atoms with Gasteiger partial charge in [0.1, 0.15) is 5.82 Å². The van der Waals surface area contributed by atoms with Crippen LogP contribution in [-0.4, -0.2) is 21.9 Å². The highest BCUT2D eigenvalue weighted by Gasteiger charge is 2.23. The molecule has 0 bridgehead atoms. The molecule has 168 valence electrons. The smallest absolute Gasteiger partial charge is 0.251 e. The number of H-pyrrole nitrogens is 1. The Hall–Kier alpha value is -3.02. The Morgan fingerprint density at radius 3 is 2.66 bits per heavy atom. The Balaban J connectivity index is 2.04. The minimum atomic E-state index is -0.730. The third-order valence-corrected chi connectivity index (χ3v) is 5.74. The molecule has 0 radical (unpaired) electrons. The number of hydrogen-bond acceptors (Lipinski definition) is 5. The predicted octanol–water partition coefficient (Wildman–Crippen LogP) is 3.28. The van der Waals surface area contributed by atoms with Gasteiger partial charge >= 0.3 is 0 Å². The van der Waals surface area contributed by atoms with Crippen molar-refractivity contribution in [3.63, 3.8) is 0 Å². The number of hydrogen-bond donors (Lipinski definition) is 4. The standard InChI is InChI=1S/C22H22F2IN5O2/c1-10(29-17-4-3-13(25)9-16(17)23)7-14-15(8-12-5-6-28-20(26)19(12)24)22(32)30-11(2)18(14)21(27)31/h3-6,9-10,29H,7-8H2,1-2H3,(H2,26,28)(H2,27,31)(H,30,32). The van der Waals surface area contributed by atoms with E-state index >= 15 is 0 Å². The van der Waals surface area contributed by atoms with E-state index in [0.29, 0.717) is 11.3 Å². The van der Waals surface area contributed by atoms with Crippen LogP contribution in [-0.2, 0) is 12.8 Å². The molecule has 0 saturated heterocycles.